The van der Waals surface area contributed by atoms with Crippen molar-refractivity contribution >= 4 is 29.3 Å². The number of amides is 1. The number of fused-ring (bicyclic) bond motifs is 1. The van der Waals surface area contributed by atoms with E-state index in [2.05, 4.69) is 20.0 Å². The van der Waals surface area contributed by atoms with Gasteiger partial charge < -0.3 is 15.8 Å². The second-order valence-electron chi connectivity index (χ2n) is 8.97. The topological polar surface area (TPSA) is 128 Å². The lowest BCUT2D eigenvalue weighted by molar-refractivity contribution is -0.137. The van der Waals surface area contributed by atoms with Crippen LogP contribution in [0.5, 0.6) is 0 Å². The number of hydrogen-bond acceptors (Lipinski definition) is 8. The third-order valence-electron chi connectivity index (χ3n) is 5.99. The van der Waals surface area contributed by atoms with Crippen LogP contribution in [-0.2, 0) is 15.7 Å². The van der Waals surface area contributed by atoms with Crippen molar-refractivity contribution in [2.75, 3.05) is 38.9 Å². The van der Waals surface area contributed by atoms with Gasteiger partial charge in [0.05, 0.1) is 18.2 Å². The van der Waals surface area contributed by atoms with Gasteiger partial charge in [0, 0.05) is 36.8 Å². The van der Waals surface area contributed by atoms with Gasteiger partial charge in [-0.15, -0.1) is 0 Å². The van der Waals surface area contributed by atoms with Crippen LogP contribution in [0.2, 0.25) is 0 Å². The van der Waals surface area contributed by atoms with Crippen LogP contribution < -0.4 is 11.1 Å². The fraction of sp³-hybridized carbons (Fsp3) is 0.250. The SMILES string of the molecule is COC/C=C/C=O.C[C@@H](c1nc(-c2ccc(C(=O)Nc3cc(C(F)(F)F)ccn3)cc2)c2c(N)nccn12)N(C)C. The lowest BCUT2D eigenvalue weighted by atomic mass is 10.1. The second-order valence-corrected chi connectivity index (χ2v) is 8.97. The number of methoxy groups -OCH3 is 1. The molecule has 0 aliphatic rings. The first-order valence-electron chi connectivity index (χ1n) is 12.3. The van der Waals surface area contributed by atoms with Gasteiger partial charge in [-0.1, -0.05) is 18.2 Å². The number of nitrogens with two attached hydrogens (primary N) is 1. The minimum Gasteiger partial charge on any atom is -0.382 e. The number of nitrogens with one attached hydrogen (secondary N) is 1. The number of carbonyl (C=O) groups is 2. The molecular weight excluding hydrogens is 539 g/mol. The summed E-state index contributed by atoms with van der Waals surface area (Å²) in [5.74, 6) is 0.322. The fourth-order valence-corrected chi connectivity index (χ4v) is 3.66. The van der Waals surface area contributed by atoms with Gasteiger partial charge in [0.1, 0.15) is 35.0 Å². The van der Waals surface area contributed by atoms with Crippen molar-refractivity contribution in [2.45, 2.75) is 19.1 Å². The molecule has 0 aliphatic carbocycles. The minimum atomic E-state index is -4.53. The van der Waals surface area contributed by atoms with Crippen molar-refractivity contribution in [3.8, 4) is 11.3 Å². The Labute approximate surface area is 234 Å². The maximum absolute atomic E-state index is 12.9. The van der Waals surface area contributed by atoms with E-state index in [-0.39, 0.29) is 17.4 Å². The quantitative estimate of drug-likeness (QED) is 0.232. The molecule has 1 atom stereocenters. The van der Waals surface area contributed by atoms with Gasteiger partial charge in [-0.2, -0.15) is 13.2 Å². The number of ether oxygens (including phenoxy) is 1. The number of alkyl halides is 3. The molecule has 0 bridgehead atoms. The summed E-state index contributed by atoms with van der Waals surface area (Å²) in [6, 6.07) is 8.14. The highest BCUT2D eigenvalue weighted by molar-refractivity contribution is 6.04. The molecule has 13 heteroatoms. The zero-order valence-electron chi connectivity index (χ0n) is 22.9. The van der Waals surface area contributed by atoms with Crippen molar-refractivity contribution in [2.24, 2.45) is 0 Å². The first-order chi connectivity index (χ1) is 19.5. The molecule has 1 amide bonds. The van der Waals surface area contributed by atoms with Gasteiger partial charge in [-0.05, 0) is 51.4 Å². The number of benzene rings is 1. The van der Waals surface area contributed by atoms with Gasteiger partial charge in [0.15, 0.2) is 0 Å². The summed E-state index contributed by atoms with van der Waals surface area (Å²) in [4.78, 5) is 36.9. The van der Waals surface area contributed by atoms with Crippen LogP contribution in [0, 0.1) is 0 Å². The van der Waals surface area contributed by atoms with Crippen LogP contribution >= 0.6 is 0 Å². The molecule has 10 nitrogen and oxygen atoms in total. The number of imidazole rings is 1. The van der Waals surface area contributed by atoms with E-state index >= 15 is 0 Å². The Balaban J connectivity index is 0.000000587. The van der Waals surface area contributed by atoms with E-state index in [0.717, 1.165) is 30.4 Å². The molecule has 0 saturated carbocycles. The van der Waals surface area contributed by atoms with Crippen LogP contribution in [0.15, 0.2) is 67.1 Å². The molecule has 0 aliphatic heterocycles. The average molecular weight is 570 g/mol. The first kappa shape index (κ1) is 30.9. The Hall–Kier alpha value is -4.62. The van der Waals surface area contributed by atoms with Gasteiger partial charge in [0.25, 0.3) is 5.91 Å². The maximum atomic E-state index is 12.9. The summed E-state index contributed by atoms with van der Waals surface area (Å²) < 4.78 is 45.2. The molecule has 3 aromatic heterocycles. The normalized spacial score (nSPS) is 12.3. The van der Waals surface area contributed by atoms with E-state index in [0.29, 0.717) is 29.2 Å². The van der Waals surface area contributed by atoms with Crippen molar-refractivity contribution in [3.05, 3.63) is 84.1 Å². The number of aromatic nitrogens is 4. The lowest BCUT2D eigenvalue weighted by Crippen LogP contribution is -2.19. The van der Waals surface area contributed by atoms with Crippen LogP contribution in [-0.4, -0.2) is 64.3 Å². The molecule has 0 fully saturated rings. The highest BCUT2D eigenvalue weighted by Crippen LogP contribution is 2.32. The average Bonchev–Trinajstić information content (AvgIpc) is 3.34. The van der Waals surface area contributed by atoms with Crippen molar-refractivity contribution < 1.29 is 27.5 Å². The Bertz CT molecular complexity index is 1520. The Morgan fingerprint density at radius 3 is 2.49 bits per heavy atom. The molecule has 0 radical (unpaired) electrons. The Morgan fingerprint density at radius 2 is 1.88 bits per heavy atom. The number of nitrogen functional groups attached to an aromatic ring is 1. The van der Waals surface area contributed by atoms with Crippen LogP contribution in [0.3, 0.4) is 0 Å². The molecule has 0 saturated heterocycles. The number of anilines is 2. The summed E-state index contributed by atoms with van der Waals surface area (Å²) in [6.07, 6.45) is 3.64. The van der Waals surface area contributed by atoms with Crippen LogP contribution in [0.4, 0.5) is 24.8 Å². The van der Waals surface area contributed by atoms with Gasteiger partial charge >= 0.3 is 6.18 Å². The van der Waals surface area contributed by atoms with Crippen molar-refractivity contribution in [1.82, 2.24) is 24.3 Å². The number of rotatable bonds is 8. The third kappa shape index (κ3) is 7.74. The molecule has 4 aromatic rings. The zero-order chi connectivity index (χ0) is 30.2. The third-order valence-corrected chi connectivity index (χ3v) is 5.99. The zero-order valence-corrected chi connectivity index (χ0v) is 22.9. The van der Waals surface area contributed by atoms with E-state index in [9.17, 15) is 22.8 Å². The summed E-state index contributed by atoms with van der Waals surface area (Å²) in [5.41, 5.74) is 7.48. The number of pyridine rings is 1. The number of carbonyl (C=O) groups excluding carboxylic acids is 2. The molecule has 1 aromatic carbocycles. The Kier molecular flexibility index (Phi) is 10.3. The predicted octanol–water partition coefficient (Wildman–Crippen LogP) is 4.66. The summed E-state index contributed by atoms with van der Waals surface area (Å²) in [6.45, 7) is 2.53. The van der Waals surface area contributed by atoms with Gasteiger partial charge in [0.2, 0.25) is 0 Å². The highest BCUT2D eigenvalue weighted by atomic mass is 19.4. The van der Waals surface area contributed by atoms with E-state index in [1.807, 2.05) is 30.3 Å². The van der Waals surface area contributed by atoms with Gasteiger partial charge in [-0.3, -0.25) is 18.9 Å². The molecule has 41 heavy (non-hydrogen) atoms. The van der Waals surface area contributed by atoms with Crippen molar-refractivity contribution in [1.29, 1.82) is 0 Å². The molecular formula is C28H30F3N7O3. The fourth-order valence-electron chi connectivity index (χ4n) is 3.66. The van der Waals surface area contributed by atoms with E-state index in [1.165, 1.54) is 6.08 Å². The molecule has 4 rings (SSSR count). The van der Waals surface area contributed by atoms with E-state index in [4.69, 9.17) is 10.7 Å². The van der Waals surface area contributed by atoms with E-state index in [1.54, 1.807) is 49.8 Å². The smallest absolute Gasteiger partial charge is 0.382 e. The van der Waals surface area contributed by atoms with Crippen LogP contribution in [0.1, 0.15) is 34.7 Å². The largest absolute Gasteiger partial charge is 0.416 e. The molecule has 0 unspecified atom stereocenters. The Morgan fingerprint density at radius 1 is 1.17 bits per heavy atom. The van der Waals surface area contributed by atoms with Crippen LogP contribution in [0.25, 0.3) is 16.8 Å². The summed E-state index contributed by atoms with van der Waals surface area (Å²) >= 11 is 0. The lowest BCUT2D eigenvalue weighted by Gasteiger charge is -2.18. The number of aldehydes is 1. The molecule has 0 spiro atoms. The maximum Gasteiger partial charge on any atom is 0.416 e. The molecule has 216 valence electrons. The monoisotopic (exact) mass is 569 g/mol. The predicted molar refractivity (Wildman–Crippen MR) is 149 cm³/mol. The minimum absolute atomic E-state index is 0.00642. The summed E-state index contributed by atoms with van der Waals surface area (Å²) in [7, 11) is 5.47. The first-order valence-corrected chi connectivity index (χ1v) is 12.3. The number of halogens is 3. The summed E-state index contributed by atoms with van der Waals surface area (Å²) in [5, 5.41) is 2.39. The van der Waals surface area contributed by atoms with E-state index < -0.39 is 17.6 Å². The number of hydrogen-bond donors (Lipinski definition) is 2. The molecule has 3 heterocycles. The highest BCUT2D eigenvalue weighted by Gasteiger charge is 2.31. The van der Waals surface area contributed by atoms with Gasteiger partial charge in [-0.25, -0.2) is 15.0 Å². The second kappa shape index (κ2) is 13.6. The number of allylic oxidation sites excluding steroid dienone is 1. The standard InChI is InChI=1S/C23H22F3N7O.C5H8O2/c1-13(32(2)3)21-31-18(19-20(27)29-10-11-33(19)21)14-4-6-15(7-5-14)22(34)30-17-12-16(8-9-28-17)23(24,25)26;1-7-5-3-2-4-6/h4-13H,1-3H3,(H2,27,29)(H,28,30,34);2-4H,5H2,1H3/b;3-2+/t13-;/m0./s1. The molecule has 3 N–H and O–H groups in total. The van der Waals surface area contributed by atoms with Crippen molar-refractivity contribution in [3.63, 3.8) is 0 Å². The number of nitrogens with zero attached hydrogens (tertiary/aromatic N) is 5.